The van der Waals surface area contributed by atoms with Gasteiger partial charge < -0.3 is 15.0 Å². The van der Waals surface area contributed by atoms with E-state index in [-0.39, 0.29) is 18.8 Å². The van der Waals surface area contributed by atoms with E-state index < -0.39 is 23.4 Å². The van der Waals surface area contributed by atoms with Crippen LogP contribution in [0.3, 0.4) is 0 Å². The van der Waals surface area contributed by atoms with Crippen LogP contribution in [0.1, 0.15) is 11.3 Å². The van der Waals surface area contributed by atoms with Crippen molar-refractivity contribution in [1.29, 1.82) is 0 Å². The number of rotatable bonds is 8. The Morgan fingerprint density at radius 1 is 1.32 bits per heavy atom. The van der Waals surface area contributed by atoms with Crippen molar-refractivity contribution >= 4 is 18.3 Å². The minimum Gasteiger partial charge on any atom is -0.481 e. The summed E-state index contributed by atoms with van der Waals surface area (Å²) in [6.45, 7) is 4.68. The molecule has 0 saturated carbocycles. The second-order valence-electron chi connectivity index (χ2n) is 5.79. The standard InChI is InChI=1S/C19H19F3N4O2/c1-12-17(4-5-18(25-12)28-3)24-11-26(10-16(22)19(27)23-2)9-13-6-14(20)8-15(21)7-13/h4-8,10,24H,2,9,11H2,1,3H3/b16-10+. The van der Waals surface area contributed by atoms with Gasteiger partial charge in [0.05, 0.1) is 25.2 Å². The molecule has 28 heavy (non-hydrogen) atoms. The zero-order chi connectivity index (χ0) is 20.7. The van der Waals surface area contributed by atoms with Crippen LogP contribution in [-0.4, -0.2) is 36.3 Å². The van der Waals surface area contributed by atoms with E-state index in [1.165, 1.54) is 12.0 Å². The Labute approximate surface area is 160 Å². The summed E-state index contributed by atoms with van der Waals surface area (Å²) in [6, 6.07) is 6.34. The van der Waals surface area contributed by atoms with Crippen molar-refractivity contribution in [1.82, 2.24) is 9.88 Å². The first-order chi connectivity index (χ1) is 13.3. The van der Waals surface area contributed by atoms with Gasteiger partial charge in [0.15, 0.2) is 0 Å². The fourth-order valence-corrected chi connectivity index (χ4v) is 2.40. The first-order valence-electron chi connectivity index (χ1n) is 8.15. The van der Waals surface area contributed by atoms with Crippen molar-refractivity contribution in [2.75, 3.05) is 19.1 Å². The topological polar surface area (TPSA) is 66.8 Å². The van der Waals surface area contributed by atoms with Gasteiger partial charge in [-0.1, -0.05) is 0 Å². The lowest BCUT2D eigenvalue weighted by atomic mass is 10.2. The molecule has 1 aromatic carbocycles. The Bertz CT molecular complexity index is 882. The van der Waals surface area contributed by atoms with Gasteiger partial charge in [-0.15, -0.1) is 0 Å². The maximum absolute atomic E-state index is 13.9. The lowest BCUT2D eigenvalue weighted by Gasteiger charge is -2.22. The number of nitrogens with zero attached hydrogens (tertiary/aromatic N) is 3. The van der Waals surface area contributed by atoms with E-state index in [0.717, 1.165) is 24.4 Å². The van der Waals surface area contributed by atoms with E-state index in [2.05, 4.69) is 22.0 Å². The smallest absolute Gasteiger partial charge is 0.306 e. The van der Waals surface area contributed by atoms with Crippen molar-refractivity contribution in [3.05, 3.63) is 65.3 Å². The number of carbonyl (C=O) groups is 1. The molecule has 1 heterocycles. The number of benzene rings is 1. The molecule has 0 unspecified atom stereocenters. The van der Waals surface area contributed by atoms with E-state index in [1.807, 2.05) is 0 Å². The average molecular weight is 392 g/mol. The molecule has 1 N–H and O–H groups in total. The molecule has 2 aromatic rings. The van der Waals surface area contributed by atoms with Gasteiger partial charge in [-0.25, -0.2) is 18.8 Å². The van der Waals surface area contributed by atoms with Crippen molar-refractivity contribution in [2.24, 2.45) is 4.99 Å². The Balaban J connectivity index is 2.22. The van der Waals surface area contributed by atoms with Crippen LogP contribution >= 0.6 is 0 Å². The number of aliphatic imine (C=N–C) groups is 1. The van der Waals surface area contributed by atoms with E-state index in [4.69, 9.17) is 4.74 Å². The number of carbonyl (C=O) groups excluding carboxylic acids is 1. The van der Waals surface area contributed by atoms with Crippen molar-refractivity contribution in [3.8, 4) is 5.88 Å². The zero-order valence-electron chi connectivity index (χ0n) is 15.4. The summed E-state index contributed by atoms with van der Waals surface area (Å²) in [7, 11) is 1.49. The largest absolute Gasteiger partial charge is 0.481 e. The van der Waals surface area contributed by atoms with Gasteiger partial charge in [-0.3, -0.25) is 4.79 Å². The number of anilines is 1. The monoisotopic (exact) mass is 392 g/mol. The third kappa shape index (κ3) is 5.83. The Morgan fingerprint density at radius 2 is 2.00 bits per heavy atom. The maximum atomic E-state index is 13.9. The number of pyridine rings is 1. The van der Waals surface area contributed by atoms with Gasteiger partial charge in [0.2, 0.25) is 11.7 Å². The molecule has 0 radical (unpaired) electrons. The third-order valence-electron chi connectivity index (χ3n) is 3.69. The molecule has 0 bridgehead atoms. The summed E-state index contributed by atoms with van der Waals surface area (Å²) >= 11 is 0. The first-order valence-corrected chi connectivity index (χ1v) is 8.15. The molecular formula is C19H19F3N4O2. The molecule has 0 spiro atoms. The highest BCUT2D eigenvalue weighted by atomic mass is 19.1. The fourth-order valence-electron chi connectivity index (χ4n) is 2.40. The van der Waals surface area contributed by atoms with Crippen LogP contribution in [0.15, 0.2) is 47.4 Å². The van der Waals surface area contributed by atoms with Crippen LogP contribution in [0.5, 0.6) is 5.88 Å². The van der Waals surface area contributed by atoms with Crippen molar-refractivity contribution in [3.63, 3.8) is 0 Å². The fraction of sp³-hybridized carbons (Fsp3) is 0.211. The number of aryl methyl sites for hydroxylation is 1. The molecule has 9 heteroatoms. The number of hydrogen-bond acceptors (Lipinski definition) is 5. The van der Waals surface area contributed by atoms with Crippen LogP contribution in [-0.2, 0) is 11.3 Å². The summed E-state index contributed by atoms with van der Waals surface area (Å²) in [5.41, 5.74) is 1.52. The number of methoxy groups -OCH3 is 1. The second-order valence-corrected chi connectivity index (χ2v) is 5.79. The zero-order valence-corrected chi connectivity index (χ0v) is 15.4. The number of halogens is 3. The molecule has 6 nitrogen and oxygen atoms in total. The normalized spacial score (nSPS) is 11.1. The van der Waals surface area contributed by atoms with Gasteiger partial charge >= 0.3 is 5.91 Å². The predicted molar refractivity (Wildman–Crippen MR) is 99.7 cm³/mol. The minimum atomic E-state index is -1.15. The van der Waals surface area contributed by atoms with E-state index in [9.17, 15) is 18.0 Å². The molecular weight excluding hydrogens is 373 g/mol. The van der Waals surface area contributed by atoms with Crippen LogP contribution in [0, 0.1) is 18.6 Å². The van der Waals surface area contributed by atoms with Crippen LogP contribution in [0.2, 0.25) is 0 Å². The highest BCUT2D eigenvalue weighted by Gasteiger charge is 2.12. The Kier molecular flexibility index (Phi) is 7.14. The first kappa shape index (κ1) is 20.9. The average Bonchev–Trinajstić information content (AvgIpc) is 2.65. The molecule has 1 aromatic heterocycles. The molecule has 1 amide bonds. The quantitative estimate of drug-likeness (QED) is 0.423. The SMILES string of the molecule is C=NC(=O)/C(F)=C\N(CNc1ccc(OC)nc1C)Cc1cc(F)cc(F)c1. The lowest BCUT2D eigenvalue weighted by molar-refractivity contribution is -0.115. The van der Waals surface area contributed by atoms with Crippen LogP contribution in [0.25, 0.3) is 0 Å². The highest BCUT2D eigenvalue weighted by molar-refractivity contribution is 5.94. The van der Waals surface area contributed by atoms with E-state index in [1.54, 1.807) is 19.1 Å². The van der Waals surface area contributed by atoms with Gasteiger partial charge in [0.1, 0.15) is 11.6 Å². The van der Waals surface area contributed by atoms with Crippen molar-refractivity contribution in [2.45, 2.75) is 13.5 Å². The number of nitrogens with one attached hydrogen (secondary N) is 1. The predicted octanol–water partition coefficient (Wildman–Crippen LogP) is 3.59. The third-order valence-corrected chi connectivity index (χ3v) is 3.69. The molecule has 0 aliphatic rings. The Hall–Kier alpha value is -3.36. The second kappa shape index (κ2) is 9.54. The van der Waals surface area contributed by atoms with Crippen LogP contribution < -0.4 is 10.1 Å². The van der Waals surface area contributed by atoms with Gasteiger partial charge in [0.25, 0.3) is 0 Å². The number of aromatic nitrogens is 1. The molecule has 0 aliphatic carbocycles. The molecule has 148 valence electrons. The van der Waals surface area contributed by atoms with Crippen LogP contribution in [0.4, 0.5) is 18.9 Å². The molecule has 0 saturated heterocycles. The highest BCUT2D eigenvalue weighted by Crippen LogP contribution is 2.18. The minimum absolute atomic E-state index is 0.0187. The summed E-state index contributed by atoms with van der Waals surface area (Å²) in [6.07, 6.45) is 0.902. The number of ether oxygens (including phenoxy) is 1. The Morgan fingerprint density at radius 3 is 2.57 bits per heavy atom. The molecule has 0 fully saturated rings. The molecule has 0 atom stereocenters. The lowest BCUT2D eigenvalue weighted by Crippen LogP contribution is -2.25. The van der Waals surface area contributed by atoms with Gasteiger partial charge in [0, 0.05) is 24.9 Å². The summed E-state index contributed by atoms with van der Waals surface area (Å²) in [5.74, 6) is -3.38. The van der Waals surface area contributed by atoms with E-state index in [0.29, 0.717) is 17.3 Å². The number of amides is 1. The maximum Gasteiger partial charge on any atom is 0.306 e. The summed E-state index contributed by atoms with van der Waals surface area (Å²) in [4.78, 5) is 19.9. The summed E-state index contributed by atoms with van der Waals surface area (Å²) in [5, 5.41) is 3.03. The molecule has 0 aliphatic heterocycles. The van der Waals surface area contributed by atoms with Crippen molar-refractivity contribution < 1.29 is 22.7 Å². The van der Waals surface area contributed by atoms with Gasteiger partial charge in [-0.2, -0.15) is 4.39 Å². The summed E-state index contributed by atoms with van der Waals surface area (Å²) < 4.78 is 45.9. The number of hydrogen-bond donors (Lipinski definition) is 1. The van der Waals surface area contributed by atoms with Gasteiger partial charge in [-0.05, 0) is 37.4 Å². The van der Waals surface area contributed by atoms with E-state index >= 15 is 0 Å². The molecule has 2 rings (SSSR count).